The molecule has 1 heterocycles. The molecule has 3 aromatic carbocycles. The third kappa shape index (κ3) is 8.12. The van der Waals surface area contributed by atoms with E-state index in [1.165, 1.54) is 32.0 Å². The van der Waals surface area contributed by atoms with Crippen LogP contribution in [-0.2, 0) is 20.0 Å². The van der Waals surface area contributed by atoms with Crippen LogP contribution in [0.4, 0.5) is 36.4 Å². The van der Waals surface area contributed by atoms with Crippen LogP contribution in [0.25, 0.3) is 10.1 Å². The van der Waals surface area contributed by atoms with Gasteiger partial charge in [0.15, 0.2) is 9.84 Å². The first-order valence-corrected chi connectivity index (χ1v) is 16.6. The molecular formula is C31H27ClF7NO5S2. The molecule has 1 N–H and O–H groups in total. The number of benzene rings is 3. The number of halogens is 8. The topological polar surface area (TPSA) is 81.7 Å². The summed E-state index contributed by atoms with van der Waals surface area (Å²) in [6.45, 7) is 6.14. The van der Waals surface area contributed by atoms with Crippen molar-refractivity contribution in [3.05, 3.63) is 87.3 Å². The van der Waals surface area contributed by atoms with Crippen LogP contribution < -0.4 is 14.8 Å². The number of carbonyl (C=O) groups is 1. The highest BCUT2D eigenvalue weighted by Gasteiger charge is 2.44. The minimum atomic E-state index is -5.24. The predicted molar refractivity (Wildman–Crippen MR) is 166 cm³/mol. The monoisotopic (exact) mass is 725 g/mol. The van der Waals surface area contributed by atoms with E-state index in [2.05, 4.69) is 14.8 Å². The average Bonchev–Trinajstić information content (AvgIpc) is 3.34. The SMILES string of the molecule is CC(C)(c1cc(Cl)cc(NC(=O)c2cc3cc(C(C)(C)S(C)(=O)=O)ccc3s2)c1)c1cc(OC(F)(F)F)cc(OC(F)(F)C(F)F)c1. The van der Waals surface area contributed by atoms with E-state index in [-0.39, 0.29) is 21.2 Å². The number of amides is 1. The van der Waals surface area contributed by atoms with E-state index in [4.69, 9.17) is 11.6 Å². The molecule has 0 fully saturated rings. The molecule has 4 aromatic rings. The predicted octanol–water partition coefficient (Wildman–Crippen LogP) is 9.55. The van der Waals surface area contributed by atoms with Gasteiger partial charge in [0.05, 0.1) is 9.62 Å². The maximum atomic E-state index is 13.7. The van der Waals surface area contributed by atoms with Crippen molar-refractivity contribution in [2.75, 3.05) is 11.6 Å². The Morgan fingerprint density at radius 3 is 2.00 bits per heavy atom. The van der Waals surface area contributed by atoms with Gasteiger partial charge in [-0.25, -0.2) is 8.42 Å². The zero-order chi connectivity index (χ0) is 35.3. The van der Waals surface area contributed by atoms with E-state index in [0.717, 1.165) is 29.7 Å². The molecular weight excluding hydrogens is 699 g/mol. The quantitative estimate of drug-likeness (QED) is 0.165. The molecule has 0 unspecified atom stereocenters. The zero-order valence-electron chi connectivity index (χ0n) is 25.2. The van der Waals surface area contributed by atoms with Gasteiger partial charge in [0.2, 0.25) is 0 Å². The van der Waals surface area contributed by atoms with Crippen molar-refractivity contribution in [2.24, 2.45) is 0 Å². The van der Waals surface area contributed by atoms with Crippen LogP contribution in [0.15, 0.2) is 60.7 Å². The summed E-state index contributed by atoms with van der Waals surface area (Å²) in [6.07, 6.45) is -13.4. The van der Waals surface area contributed by atoms with Crippen molar-refractivity contribution in [1.82, 2.24) is 0 Å². The number of hydrogen-bond donors (Lipinski definition) is 1. The number of hydrogen-bond acceptors (Lipinski definition) is 6. The van der Waals surface area contributed by atoms with E-state index in [0.29, 0.717) is 27.3 Å². The normalized spacial score (nSPS) is 13.2. The molecule has 4 rings (SSSR count). The number of nitrogens with one attached hydrogen (secondary N) is 1. The van der Waals surface area contributed by atoms with Gasteiger partial charge < -0.3 is 14.8 Å². The molecule has 0 atom stereocenters. The number of rotatable bonds is 10. The van der Waals surface area contributed by atoms with Crippen LogP contribution >= 0.6 is 22.9 Å². The third-order valence-electron chi connectivity index (χ3n) is 7.58. The lowest BCUT2D eigenvalue weighted by Gasteiger charge is -2.28. The zero-order valence-corrected chi connectivity index (χ0v) is 27.6. The molecule has 47 heavy (non-hydrogen) atoms. The van der Waals surface area contributed by atoms with E-state index >= 15 is 0 Å². The summed E-state index contributed by atoms with van der Waals surface area (Å²) in [7, 11) is -3.46. The Hall–Kier alpha value is -3.56. The average molecular weight is 726 g/mol. The Kier molecular flexibility index (Phi) is 9.63. The summed E-state index contributed by atoms with van der Waals surface area (Å²) in [4.78, 5) is 13.5. The van der Waals surface area contributed by atoms with Crippen molar-refractivity contribution < 1.29 is 53.4 Å². The van der Waals surface area contributed by atoms with Crippen LogP contribution in [-0.4, -0.2) is 39.5 Å². The molecule has 0 aliphatic heterocycles. The molecule has 6 nitrogen and oxygen atoms in total. The van der Waals surface area contributed by atoms with Gasteiger partial charge in [-0.3, -0.25) is 4.79 Å². The molecule has 0 bridgehead atoms. The molecule has 0 radical (unpaired) electrons. The van der Waals surface area contributed by atoms with Crippen molar-refractivity contribution in [2.45, 2.75) is 56.8 Å². The minimum Gasteiger partial charge on any atom is -0.428 e. The third-order valence-corrected chi connectivity index (χ3v) is 11.0. The number of anilines is 1. The van der Waals surface area contributed by atoms with E-state index in [9.17, 15) is 43.9 Å². The Labute approximate surface area is 274 Å². The summed E-state index contributed by atoms with van der Waals surface area (Å²) in [5, 5.41) is 3.43. The van der Waals surface area contributed by atoms with Gasteiger partial charge in [-0.15, -0.1) is 24.5 Å². The number of fused-ring (bicyclic) bond motifs is 1. The fraction of sp³-hybridized carbons (Fsp3) is 0.323. The molecule has 0 aliphatic rings. The van der Waals surface area contributed by atoms with Crippen molar-refractivity contribution >= 4 is 54.5 Å². The second kappa shape index (κ2) is 12.5. The maximum absolute atomic E-state index is 13.7. The minimum absolute atomic E-state index is 0.0956. The number of alkyl halides is 7. The van der Waals surface area contributed by atoms with E-state index in [1.807, 2.05) is 0 Å². The summed E-state index contributed by atoms with van der Waals surface area (Å²) < 4.78 is 124. The van der Waals surface area contributed by atoms with Gasteiger partial charge in [-0.05, 0) is 84.5 Å². The van der Waals surface area contributed by atoms with Gasteiger partial charge in [0.1, 0.15) is 11.5 Å². The molecule has 16 heteroatoms. The number of ether oxygens (including phenoxy) is 2. The largest absolute Gasteiger partial charge is 0.573 e. The van der Waals surface area contributed by atoms with E-state index < -0.39 is 56.3 Å². The Morgan fingerprint density at radius 1 is 0.830 bits per heavy atom. The number of carbonyl (C=O) groups excluding carboxylic acids is 1. The fourth-order valence-electron chi connectivity index (χ4n) is 4.51. The molecule has 1 aromatic heterocycles. The lowest BCUT2D eigenvalue weighted by Crippen LogP contribution is -2.33. The van der Waals surface area contributed by atoms with Crippen molar-refractivity contribution in [1.29, 1.82) is 0 Å². The van der Waals surface area contributed by atoms with Crippen LogP contribution in [0.2, 0.25) is 5.02 Å². The first kappa shape index (κ1) is 36.3. The number of thiophene rings is 1. The Balaban J connectivity index is 1.68. The molecule has 0 spiro atoms. The summed E-state index contributed by atoms with van der Waals surface area (Å²) >= 11 is 7.47. The Bertz CT molecular complexity index is 1940. The first-order valence-electron chi connectivity index (χ1n) is 13.5. The van der Waals surface area contributed by atoms with Crippen LogP contribution in [0.1, 0.15) is 54.1 Å². The Morgan fingerprint density at radius 2 is 1.43 bits per heavy atom. The lowest BCUT2D eigenvalue weighted by molar-refractivity contribution is -0.274. The number of sulfone groups is 1. The van der Waals surface area contributed by atoms with Gasteiger partial charge in [-0.1, -0.05) is 31.5 Å². The molecule has 0 saturated heterocycles. The van der Waals surface area contributed by atoms with Gasteiger partial charge >= 0.3 is 18.9 Å². The molecule has 254 valence electrons. The molecule has 0 saturated carbocycles. The van der Waals surface area contributed by atoms with Crippen LogP contribution in [0, 0.1) is 0 Å². The smallest absolute Gasteiger partial charge is 0.428 e. The van der Waals surface area contributed by atoms with Gasteiger partial charge in [-0.2, -0.15) is 17.6 Å². The fourth-order valence-corrected chi connectivity index (χ4v) is 6.24. The summed E-state index contributed by atoms with van der Waals surface area (Å²) in [5.74, 6) is -2.55. The van der Waals surface area contributed by atoms with Crippen LogP contribution in [0.5, 0.6) is 11.5 Å². The standard InChI is InChI=1S/C31H27ClF7NO5S2/c1-28(2,19-12-22(44-30(35,36)27(33)34)15-23(13-19)45-31(37,38)39)18-10-20(32)14-21(11-18)40-26(41)25-9-16-8-17(6-7-24(16)46-25)29(3,4)47(5,42)43/h6-15,27H,1-5H3,(H,40,41). The highest BCUT2D eigenvalue weighted by atomic mass is 35.5. The van der Waals surface area contributed by atoms with Crippen molar-refractivity contribution in [3.63, 3.8) is 0 Å². The second-order valence-corrected chi connectivity index (χ2v) is 15.7. The molecule has 0 aliphatic carbocycles. The highest BCUT2D eigenvalue weighted by Crippen LogP contribution is 2.41. The van der Waals surface area contributed by atoms with Gasteiger partial charge in [0.25, 0.3) is 5.91 Å². The summed E-state index contributed by atoms with van der Waals surface area (Å²) in [5.41, 5.74) is -0.440. The van der Waals surface area contributed by atoms with E-state index in [1.54, 1.807) is 38.1 Å². The summed E-state index contributed by atoms with van der Waals surface area (Å²) in [6, 6.07) is 13.1. The first-order chi connectivity index (χ1) is 21.4. The van der Waals surface area contributed by atoms with Gasteiger partial charge in [0, 0.05) is 33.1 Å². The lowest BCUT2D eigenvalue weighted by atomic mass is 9.78. The van der Waals surface area contributed by atoms with Crippen LogP contribution in [0.3, 0.4) is 0 Å². The molecule has 1 amide bonds. The van der Waals surface area contributed by atoms with Crippen molar-refractivity contribution in [3.8, 4) is 11.5 Å². The maximum Gasteiger partial charge on any atom is 0.573 e. The highest BCUT2D eigenvalue weighted by molar-refractivity contribution is 7.91. The second-order valence-electron chi connectivity index (χ2n) is 11.7.